The Morgan fingerprint density at radius 1 is 0.975 bits per heavy atom. The van der Waals surface area contributed by atoms with Crippen LogP contribution < -0.4 is 5.32 Å². The fourth-order valence-corrected chi connectivity index (χ4v) is 5.58. The fourth-order valence-electron chi connectivity index (χ4n) is 5.58. The van der Waals surface area contributed by atoms with Crippen LogP contribution in [0, 0.1) is 11.8 Å². The molecule has 1 unspecified atom stereocenters. The Morgan fingerprint density at radius 3 is 2.45 bits per heavy atom. The first-order valence-corrected chi connectivity index (χ1v) is 14.0. The number of likely N-dealkylation sites (tertiary alicyclic amines) is 1. The molecular weight excluding hydrogens is 498 g/mol. The highest BCUT2D eigenvalue weighted by Crippen LogP contribution is 2.26. The Bertz CT molecular complexity index is 1540. The number of para-hydroxylation sites is 2. The van der Waals surface area contributed by atoms with Crippen molar-refractivity contribution >= 4 is 22.8 Å². The van der Waals surface area contributed by atoms with E-state index in [1.54, 1.807) is 24.3 Å². The average molecular weight is 532 g/mol. The van der Waals surface area contributed by atoms with E-state index >= 15 is 0 Å². The minimum atomic E-state index is -0.213. The van der Waals surface area contributed by atoms with Crippen LogP contribution >= 0.6 is 0 Å². The van der Waals surface area contributed by atoms with Crippen molar-refractivity contribution in [3.63, 3.8) is 0 Å². The minimum Gasteiger partial charge on any atom is -0.340 e. The van der Waals surface area contributed by atoms with Crippen molar-refractivity contribution in [1.29, 1.82) is 0 Å². The Kier molecular flexibility index (Phi) is 7.45. The quantitative estimate of drug-likeness (QED) is 0.204. The Balaban J connectivity index is 1.15. The molecule has 1 atom stereocenters. The topological polar surface area (TPSA) is 81.3 Å². The van der Waals surface area contributed by atoms with Gasteiger partial charge in [0.2, 0.25) is 0 Å². The number of aromatic amines is 1. The Hall–Kier alpha value is -4.25. The van der Waals surface area contributed by atoms with Gasteiger partial charge in [-0.3, -0.25) is 14.5 Å². The second-order valence-electron chi connectivity index (χ2n) is 10.7. The molecule has 1 fully saturated rings. The third-order valence-electron chi connectivity index (χ3n) is 7.82. The first-order chi connectivity index (χ1) is 19.6. The molecule has 0 saturated carbocycles. The molecule has 2 N–H and O–H groups in total. The van der Waals surface area contributed by atoms with Crippen molar-refractivity contribution in [3.05, 3.63) is 101 Å². The maximum atomic E-state index is 12.6. The van der Waals surface area contributed by atoms with Crippen molar-refractivity contribution < 1.29 is 9.59 Å². The molecular formula is C33H33N5O2. The third kappa shape index (κ3) is 5.42. The minimum absolute atomic E-state index is 0.0728. The van der Waals surface area contributed by atoms with Gasteiger partial charge in [0.1, 0.15) is 5.82 Å². The summed E-state index contributed by atoms with van der Waals surface area (Å²) in [6, 6.07) is 23.8. The SMILES string of the molecule is CN1CCC(NC(c2cccc(C#CCCCN3C(=O)c4ccccc4C3=O)c2)c2nc3ccccc3[nH]2)CC1. The van der Waals surface area contributed by atoms with Gasteiger partial charge < -0.3 is 15.2 Å². The molecule has 0 aliphatic carbocycles. The number of rotatable bonds is 7. The van der Waals surface area contributed by atoms with Gasteiger partial charge in [-0.05, 0) is 81.4 Å². The van der Waals surface area contributed by atoms with Crippen LogP contribution in [-0.2, 0) is 0 Å². The number of amides is 2. The lowest BCUT2D eigenvalue weighted by atomic mass is 9.99. The second-order valence-corrected chi connectivity index (χ2v) is 10.7. The molecule has 2 amide bonds. The molecule has 0 bridgehead atoms. The van der Waals surface area contributed by atoms with Crippen LogP contribution in [0.15, 0.2) is 72.8 Å². The molecule has 1 saturated heterocycles. The maximum Gasteiger partial charge on any atom is 0.261 e. The van der Waals surface area contributed by atoms with Gasteiger partial charge in [-0.25, -0.2) is 4.98 Å². The summed E-state index contributed by atoms with van der Waals surface area (Å²) in [5.41, 5.74) is 5.02. The highest BCUT2D eigenvalue weighted by atomic mass is 16.2. The lowest BCUT2D eigenvalue weighted by Crippen LogP contribution is -2.42. The zero-order chi connectivity index (χ0) is 27.5. The lowest BCUT2D eigenvalue weighted by molar-refractivity contribution is 0.0653. The zero-order valence-corrected chi connectivity index (χ0v) is 22.7. The summed E-state index contributed by atoms with van der Waals surface area (Å²) in [5, 5.41) is 3.88. The molecule has 40 heavy (non-hydrogen) atoms. The number of carbonyl (C=O) groups excluding carboxylic acids is 2. The van der Waals surface area contributed by atoms with E-state index in [1.807, 2.05) is 30.3 Å². The summed E-state index contributed by atoms with van der Waals surface area (Å²) in [6.45, 7) is 2.53. The Labute approximate surface area is 234 Å². The van der Waals surface area contributed by atoms with Crippen LogP contribution in [-0.4, -0.2) is 64.3 Å². The molecule has 4 aromatic rings. The van der Waals surface area contributed by atoms with Gasteiger partial charge in [0.15, 0.2) is 0 Å². The number of fused-ring (bicyclic) bond motifs is 2. The van der Waals surface area contributed by atoms with Gasteiger partial charge in [0, 0.05) is 24.6 Å². The van der Waals surface area contributed by atoms with Crippen LogP contribution in [0.1, 0.15) is 69.4 Å². The number of imidazole rings is 1. The summed E-state index contributed by atoms with van der Waals surface area (Å²) in [6.07, 6.45) is 3.43. The number of aromatic nitrogens is 2. The number of nitrogens with zero attached hydrogens (tertiary/aromatic N) is 3. The number of piperidine rings is 1. The smallest absolute Gasteiger partial charge is 0.261 e. The molecule has 1 aromatic heterocycles. The summed E-state index contributed by atoms with van der Waals surface area (Å²) in [5.74, 6) is 7.01. The van der Waals surface area contributed by atoms with E-state index in [0.29, 0.717) is 36.6 Å². The van der Waals surface area contributed by atoms with Gasteiger partial charge in [-0.2, -0.15) is 0 Å². The van der Waals surface area contributed by atoms with Crippen molar-refractivity contribution in [3.8, 4) is 11.8 Å². The average Bonchev–Trinajstić information content (AvgIpc) is 3.52. The number of hydrogen-bond donors (Lipinski definition) is 2. The number of carbonyl (C=O) groups is 2. The van der Waals surface area contributed by atoms with Gasteiger partial charge >= 0.3 is 0 Å². The third-order valence-corrected chi connectivity index (χ3v) is 7.82. The van der Waals surface area contributed by atoms with Crippen molar-refractivity contribution in [2.24, 2.45) is 0 Å². The van der Waals surface area contributed by atoms with E-state index in [-0.39, 0.29) is 17.9 Å². The summed E-state index contributed by atoms with van der Waals surface area (Å²) < 4.78 is 0. The lowest BCUT2D eigenvalue weighted by Gasteiger charge is -2.32. The largest absolute Gasteiger partial charge is 0.340 e. The van der Waals surface area contributed by atoms with Crippen molar-refractivity contribution in [2.75, 3.05) is 26.7 Å². The highest BCUT2D eigenvalue weighted by Gasteiger charge is 2.34. The summed E-state index contributed by atoms with van der Waals surface area (Å²) in [4.78, 5) is 37.3. The molecule has 6 rings (SSSR count). The first-order valence-electron chi connectivity index (χ1n) is 14.0. The molecule has 202 valence electrons. The van der Waals surface area contributed by atoms with E-state index in [4.69, 9.17) is 4.98 Å². The van der Waals surface area contributed by atoms with Crippen LogP contribution in [0.2, 0.25) is 0 Å². The Morgan fingerprint density at radius 2 is 1.70 bits per heavy atom. The van der Waals surface area contributed by atoms with Gasteiger partial charge in [-0.1, -0.05) is 48.2 Å². The highest BCUT2D eigenvalue weighted by molar-refractivity contribution is 6.21. The van der Waals surface area contributed by atoms with Gasteiger partial charge in [0.25, 0.3) is 11.8 Å². The maximum absolute atomic E-state index is 12.6. The molecule has 0 radical (unpaired) electrons. The molecule has 2 aliphatic heterocycles. The molecule has 0 spiro atoms. The van der Waals surface area contributed by atoms with E-state index in [1.165, 1.54) is 4.90 Å². The normalized spacial score (nSPS) is 16.7. The monoisotopic (exact) mass is 531 g/mol. The molecule has 2 aliphatic rings. The molecule has 7 nitrogen and oxygen atoms in total. The van der Waals surface area contributed by atoms with Crippen LogP contribution in [0.5, 0.6) is 0 Å². The standard InChI is InChI=1S/C33H33N5O2/c1-37-20-17-25(18-21-37)34-30(31-35-28-15-6-7-16-29(28)36-31)24-12-9-11-23(22-24)10-3-2-8-19-38-32(39)26-13-4-5-14-27(26)33(38)40/h4-7,9,11-16,22,25,30,34H,2,8,17-21H2,1H3,(H,35,36). The summed E-state index contributed by atoms with van der Waals surface area (Å²) >= 11 is 0. The number of unbranched alkanes of at least 4 members (excludes halogenated alkanes) is 1. The number of imide groups is 1. The van der Waals surface area contributed by atoms with E-state index < -0.39 is 0 Å². The summed E-state index contributed by atoms with van der Waals surface area (Å²) in [7, 11) is 2.18. The number of H-pyrrole nitrogens is 1. The zero-order valence-electron chi connectivity index (χ0n) is 22.7. The molecule has 3 heterocycles. The van der Waals surface area contributed by atoms with Crippen molar-refractivity contribution in [2.45, 2.75) is 37.8 Å². The van der Waals surface area contributed by atoms with Crippen molar-refractivity contribution in [1.82, 2.24) is 25.1 Å². The van der Waals surface area contributed by atoms with E-state index in [0.717, 1.165) is 53.9 Å². The van der Waals surface area contributed by atoms with Crippen LogP contribution in [0.3, 0.4) is 0 Å². The number of nitrogens with one attached hydrogen (secondary N) is 2. The predicted molar refractivity (Wildman–Crippen MR) is 156 cm³/mol. The van der Waals surface area contributed by atoms with Gasteiger partial charge in [0.05, 0.1) is 28.2 Å². The van der Waals surface area contributed by atoms with E-state index in [9.17, 15) is 9.59 Å². The van der Waals surface area contributed by atoms with Crippen LogP contribution in [0.4, 0.5) is 0 Å². The number of hydrogen-bond acceptors (Lipinski definition) is 5. The van der Waals surface area contributed by atoms with Crippen LogP contribution in [0.25, 0.3) is 11.0 Å². The number of benzene rings is 3. The fraction of sp³-hybridized carbons (Fsp3) is 0.303. The second kappa shape index (κ2) is 11.5. The predicted octanol–water partition coefficient (Wildman–Crippen LogP) is 4.76. The molecule has 7 heteroatoms. The first kappa shape index (κ1) is 26.0. The molecule has 3 aromatic carbocycles. The van der Waals surface area contributed by atoms with Gasteiger partial charge in [-0.15, -0.1) is 0 Å². The van der Waals surface area contributed by atoms with E-state index in [2.05, 4.69) is 52.3 Å².